The summed E-state index contributed by atoms with van der Waals surface area (Å²) in [6.07, 6.45) is 3.00. The van der Waals surface area contributed by atoms with Crippen LogP contribution in [0.2, 0.25) is 5.02 Å². The van der Waals surface area contributed by atoms with E-state index in [1.165, 1.54) is 6.20 Å². The molecule has 0 bridgehead atoms. The molecule has 1 N–H and O–H groups in total. The smallest absolute Gasteiger partial charge is 0.406 e. The van der Waals surface area contributed by atoms with Crippen molar-refractivity contribution in [2.45, 2.75) is 25.8 Å². The molecule has 0 unspecified atom stereocenters. The number of piperazine rings is 1. The van der Waals surface area contributed by atoms with E-state index >= 15 is 0 Å². The third-order valence-corrected chi connectivity index (χ3v) is 7.18. The van der Waals surface area contributed by atoms with Crippen LogP contribution in [0.15, 0.2) is 48.7 Å². The first-order valence-electron chi connectivity index (χ1n) is 12.4. The summed E-state index contributed by atoms with van der Waals surface area (Å²) < 4.78 is 12.6. The number of halogens is 1. The zero-order chi connectivity index (χ0) is 25.8. The van der Waals surface area contributed by atoms with Crippen LogP contribution in [0.25, 0.3) is 5.69 Å². The first-order chi connectivity index (χ1) is 18.0. The second kappa shape index (κ2) is 11.2. The van der Waals surface area contributed by atoms with Crippen molar-refractivity contribution in [2.24, 2.45) is 0 Å². The number of nitrogens with zero attached hydrogens (tertiary/aromatic N) is 5. The largest absolute Gasteiger partial charge is 0.417 e. The van der Waals surface area contributed by atoms with E-state index in [1.54, 1.807) is 35.9 Å². The van der Waals surface area contributed by atoms with E-state index < -0.39 is 6.09 Å². The third-order valence-electron chi connectivity index (χ3n) is 6.95. The maximum Gasteiger partial charge on any atom is 0.417 e. The average Bonchev–Trinajstić information content (AvgIpc) is 3.28. The highest BCUT2D eigenvalue weighted by Gasteiger charge is 2.26. The average molecular weight is 521 g/mol. The fourth-order valence-electron chi connectivity index (χ4n) is 4.96. The van der Waals surface area contributed by atoms with E-state index in [1.807, 2.05) is 18.2 Å². The SMILES string of the molecule is Cc1c(OC(=O)Nc2ccc(N3CCN(C4CCOCC4)CC3)c(C#N)c2)cnn1-c1cccc(Cl)c1. The van der Waals surface area contributed by atoms with Crippen LogP contribution in [0.5, 0.6) is 5.75 Å². The molecule has 5 rings (SSSR count). The van der Waals surface area contributed by atoms with E-state index in [4.69, 9.17) is 21.1 Å². The van der Waals surface area contributed by atoms with Crippen molar-refractivity contribution in [1.82, 2.24) is 14.7 Å². The van der Waals surface area contributed by atoms with Gasteiger partial charge >= 0.3 is 6.09 Å². The van der Waals surface area contributed by atoms with Gasteiger partial charge in [0.1, 0.15) is 6.07 Å². The molecule has 1 aromatic heterocycles. The molecule has 2 aromatic carbocycles. The number of aromatic nitrogens is 2. The Labute approximate surface area is 221 Å². The van der Waals surface area contributed by atoms with Crippen molar-refractivity contribution in [3.05, 3.63) is 64.9 Å². The molecule has 3 aromatic rings. The topological polar surface area (TPSA) is 95.7 Å². The monoisotopic (exact) mass is 520 g/mol. The summed E-state index contributed by atoms with van der Waals surface area (Å²) >= 11 is 6.08. The molecule has 10 heteroatoms. The Kier molecular flexibility index (Phi) is 7.60. The van der Waals surface area contributed by atoms with Crippen molar-refractivity contribution < 1.29 is 14.3 Å². The number of amides is 1. The number of carbonyl (C=O) groups is 1. The van der Waals surface area contributed by atoms with E-state index in [-0.39, 0.29) is 0 Å². The Morgan fingerprint density at radius 1 is 1.16 bits per heavy atom. The number of carbonyl (C=O) groups excluding carboxylic acids is 1. The van der Waals surface area contributed by atoms with E-state index in [0.717, 1.165) is 63.6 Å². The molecule has 0 spiro atoms. The van der Waals surface area contributed by atoms with Gasteiger partial charge in [-0.1, -0.05) is 17.7 Å². The normalized spacial score (nSPS) is 16.8. The third kappa shape index (κ3) is 5.72. The molecule has 37 heavy (non-hydrogen) atoms. The first-order valence-corrected chi connectivity index (χ1v) is 12.8. The Balaban J connectivity index is 1.21. The molecule has 2 aliphatic rings. The van der Waals surface area contributed by atoms with E-state index in [9.17, 15) is 10.1 Å². The van der Waals surface area contributed by atoms with Crippen molar-refractivity contribution in [1.29, 1.82) is 5.26 Å². The van der Waals surface area contributed by atoms with Crippen molar-refractivity contribution in [3.8, 4) is 17.5 Å². The molecule has 0 radical (unpaired) electrons. The van der Waals surface area contributed by atoms with Crippen LogP contribution in [0.1, 0.15) is 24.1 Å². The number of nitriles is 1. The first kappa shape index (κ1) is 25.1. The van der Waals surface area contributed by atoms with Crippen LogP contribution < -0.4 is 15.0 Å². The minimum atomic E-state index is -0.657. The van der Waals surface area contributed by atoms with Crippen molar-refractivity contribution in [3.63, 3.8) is 0 Å². The number of ether oxygens (including phenoxy) is 2. The van der Waals surface area contributed by atoms with Gasteiger partial charge in [-0.05, 0) is 56.2 Å². The molecular weight excluding hydrogens is 492 g/mol. The molecule has 1 amide bonds. The molecule has 2 aliphatic heterocycles. The Morgan fingerprint density at radius 3 is 2.68 bits per heavy atom. The fraction of sp³-hybridized carbons (Fsp3) is 0.370. The molecule has 2 saturated heterocycles. The van der Waals surface area contributed by atoms with Gasteiger partial charge in [0.05, 0.1) is 28.8 Å². The second-order valence-electron chi connectivity index (χ2n) is 9.21. The van der Waals surface area contributed by atoms with Crippen LogP contribution in [-0.2, 0) is 4.74 Å². The molecule has 2 fully saturated rings. The lowest BCUT2D eigenvalue weighted by atomic mass is 10.1. The number of hydrogen-bond donors (Lipinski definition) is 1. The summed E-state index contributed by atoms with van der Waals surface area (Å²) in [7, 11) is 0. The second-order valence-corrected chi connectivity index (χ2v) is 9.65. The predicted molar refractivity (Wildman–Crippen MR) is 142 cm³/mol. The lowest BCUT2D eigenvalue weighted by molar-refractivity contribution is 0.0321. The van der Waals surface area contributed by atoms with Crippen molar-refractivity contribution >= 4 is 29.1 Å². The lowest BCUT2D eigenvalue weighted by Crippen LogP contribution is -2.51. The van der Waals surface area contributed by atoms with Crippen LogP contribution in [0.3, 0.4) is 0 Å². The van der Waals surface area contributed by atoms with Gasteiger partial charge in [-0.3, -0.25) is 10.2 Å². The fourth-order valence-corrected chi connectivity index (χ4v) is 5.15. The van der Waals surface area contributed by atoms with Gasteiger partial charge in [0.15, 0.2) is 5.75 Å². The summed E-state index contributed by atoms with van der Waals surface area (Å²) in [6, 6.07) is 15.5. The summed E-state index contributed by atoms with van der Waals surface area (Å²) in [6.45, 7) is 7.12. The van der Waals surface area contributed by atoms with Crippen molar-refractivity contribution in [2.75, 3.05) is 49.6 Å². The maximum atomic E-state index is 12.6. The van der Waals surface area contributed by atoms with E-state index in [0.29, 0.717) is 33.8 Å². The number of nitrogens with one attached hydrogen (secondary N) is 1. The summed E-state index contributed by atoms with van der Waals surface area (Å²) in [5, 5.41) is 17.4. The standard InChI is InChI=1S/C27H29ClN6O3/c1-19-26(18-30-34(19)24-4-2-3-21(28)16-24)37-27(35)31-22-5-6-25(20(15-22)17-29)33-11-9-32(10-12-33)23-7-13-36-14-8-23/h2-6,15-16,18,23H,7-14H2,1H3,(H,31,35). The number of anilines is 2. The highest BCUT2D eigenvalue weighted by atomic mass is 35.5. The van der Waals surface area contributed by atoms with Crippen LogP contribution >= 0.6 is 11.6 Å². The predicted octanol–water partition coefficient (Wildman–Crippen LogP) is 4.62. The zero-order valence-electron chi connectivity index (χ0n) is 20.7. The van der Waals surface area contributed by atoms with Gasteiger partial charge in [-0.15, -0.1) is 0 Å². The molecule has 0 saturated carbocycles. The number of rotatable bonds is 5. The zero-order valence-corrected chi connectivity index (χ0v) is 21.4. The number of hydrogen-bond acceptors (Lipinski definition) is 7. The number of benzene rings is 2. The highest BCUT2D eigenvalue weighted by molar-refractivity contribution is 6.30. The Hall–Kier alpha value is -3.58. The summed E-state index contributed by atoms with van der Waals surface area (Å²) in [4.78, 5) is 17.4. The van der Waals surface area contributed by atoms with Gasteiger partial charge in [-0.25, -0.2) is 9.48 Å². The minimum absolute atomic E-state index is 0.331. The maximum absolute atomic E-state index is 12.6. The molecular formula is C27H29ClN6O3. The molecule has 3 heterocycles. The van der Waals surface area contributed by atoms with E-state index in [2.05, 4.69) is 26.3 Å². The summed E-state index contributed by atoms with van der Waals surface area (Å²) in [5.41, 5.74) is 3.31. The highest BCUT2D eigenvalue weighted by Crippen LogP contribution is 2.27. The minimum Gasteiger partial charge on any atom is -0.406 e. The summed E-state index contributed by atoms with van der Waals surface area (Å²) in [5.74, 6) is 0.331. The van der Waals surface area contributed by atoms with Gasteiger partial charge in [0.2, 0.25) is 0 Å². The molecule has 9 nitrogen and oxygen atoms in total. The lowest BCUT2D eigenvalue weighted by Gasteiger charge is -2.41. The Morgan fingerprint density at radius 2 is 1.95 bits per heavy atom. The van der Waals surface area contributed by atoms with Crippen LogP contribution in [0.4, 0.5) is 16.2 Å². The van der Waals surface area contributed by atoms with Gasteiger partial charge < -0.3 is 14.4 Å². The van der Waals surface area contributed by atoms with Gasteiger partial charge in [0.25, 0.3) is 0 Å². The van der Waals surface area contributed by atoms with Crippen LogP contribution in [-0.4, -0.2) is 66.2 Å². The van der Waals surface area contributed by atoms with Gasteiger partial charge in [-0.2, -0.15) is 10.4 Å². The molecule has 0 atom stereocenters. The molecule has 192 valence electrons. The Bertz CT molecular complexity index is 1310. The molecule has 0 aliphatic carbocycles. The van der Waals surface area contributed by atoms with Gasteiger partial charge in [0, 0.05) is 56.1 Å². The van der Waals surface area contributed by atoms with Crippen LogP contribution in [0, 0.1) is 18.3 Å². The quantitative estimate of drug-likeness (QED) is 0.524.